The van der Waals surface area contributed by atoms with Crippen LogP contribution in [0.5, 0.6) is 11.5 Å². The van der Waals surface area contributed by atoms with E-state index in [4.69, 9.17) is 15.9 Å². The summed E-state index contributed by atoms with van der Waals surface area (Å²) in [4.78, 5) is 23.8. The fourth-order valence-electron chi connectivity index (χ4n) is 1.98. The zero-order chi connectivity index (χ0) is 18.8. The molecule has 0 fully saturated rings. The van der Waals surface area contributed by atoms with Crippen molar-refractivity contribution in [2.45, 2.75) is 0 Å². The molecule has 7 nitrogen and oxygen atoms in total. The maximum Gasteiger partial charge on any atom is 0.329 e. The van der Waals surface area contributed by atoms with Gasteiger partial charge in [-0.2, -0.15) is 5.10 Å². The number of para-hydroxylation sites is 3. The van der Waals surface area contributed by atoms with Crippen LogP contribution in [0.25, 0.3) is 0 Å². The highest BCUT2D eigenvalue weighted by atomic mass is 16.5. The maximum absolute atomic E-state index is 11.9. The Labute approximate surface area is 151 Å². The first-order valence-electron chi connectivity index (χ1n) is 7.58. The minimum absolute atomic E-state index is 0.110. The van der Waals surface area contributed by atoms with Crippen LogP contribution in [-0.2, 0) is 9.59 Å². The number of rotatable bonds is 6. The average Bonchev–Trinajstić information content (AvgIpc) is 2.67. The number of terminal acetylenes is 1. The summed E-state index contributed by atoms with van der Waals surface area (Å²) < 4.78 is 10.5. The Morgan fingerprint density at radius 2 is 1.81 bits per heavy atom. The average molecular weight is 351 g/mol. The first-order valence-corrected chi connectivity index (χ1v) is 7.58. The summed E-state index contributed by atoms with van der Waals surface area (Å²) in [6.07, 6.45) is 6.53. The zero-order valence-corrected chi connectivity index (χ0v) is 14.1. The molecular weight excluding hydrogens is 334 g/mol. The molecule has 0 aliphatic rings. The number of carbonyl (C=O) groups excluding carboxylic acids is 2. The van der Waals surface area contributed by atoms with Gasteiger partial charge in [-0.3, -0.25) is 9.59 Å². The van der Waals surface area contributed by atoms with Crippen LogP contribution >= 0.6 is 0 Å². The van der Waals surface area contributed by atoms with Crippen molar-refractivity contribution in [2.75, 3.05) is 19.0 Å². The van der Waals surface area contributed by atoms with Crippen LogP contribution in [0.1, 0.15) is 5.56 Å². The minimum Gasteiger partial charge on any atom is -0.495 e. The molecule has 0 atom stereocenters. The second-order valence-corrected chi connectivity index (χ2v) is 4.88. The Balaban J connectivity index is 1.97. The molecule has 0 bridgehead atoms. The van der Waals surface area contributed by atoms with Gasteiger partial charge in [0.15, 0.2) is 0 Å². The highest BCUT2D eigenvalue weighted by Crippen LogP contribution is 2.22. The second kappa shape index (κ2) is 9.49. The van der Waals surface area contributed by atoms with Gasteiger partial charge >= 0.3 is 11.8 Å². The van der Waals surface area contributed by atoms with E-state index < -0.39 is 11.8 Å². The summed E-state index contributed by atoms with van der Waals surface area (Å²) in [6, 6.07) is 13.7. The lowest BCUT2D eigenvalue weighted by atomic mass is 10.2. The standard InChI is InChI=1S/C19H17N3O4/c1-3-12-26-16-10-6-4-8-14(16)13-20-22-19(24)18(23)21-15-9-5-7-11-17(15)25-2/h1,4-11,13H,12H2,2H3,(H,21,23)(H,22,24)/b20-13+. The van der Waals surface area contributed by atoms with Crippen molar-refractivity contribution in [3.63, 3.8) is 0 Å². The van der Waals surface area contributed by atoms with Gasteiger partial charge in [0.05, 0.1) is 19.0 Å². The summed E-state index contributed by atoms with van der Waals surface area (Å²) in [7, 11) is 1.47. The molecule has 2 N–H and O–H groups in total. The molecule has 2 rings (SSSR count). The lowest BCUT2D eigenvalue weighted by molar-refractivity contribution is -0.136. The summed E-state index contributed by atoms with van der Waals surface area (Å²) in [5.41, 5.74) is 3.14. The topological polar surface area (TPSA) is 89.0 Å². The molecular formula is C19H17N3O4. The summed E-state index contributed by atoms with van der Waals surface area (Å²) >= 11 is 0. The monoisotopic (exact) mass is 351 g/mol. The number of nitrogens with one attached hydrogen (secondary N) is 2. The molecule has 0 aromatic heterocycles. The molecule has 7 heteroatoms. The fourth-order valence-corrected chi connectivity index (χ4v) is 1.98. The van der Waals surface area contributed by atoms with Gasteiger partial charge in [0.1, 0.15) is 18.1 Å². The van der Waals surface area contributed by atoms with Crippen molar-refractivity contribution in [2.24, 2.45) is 5.10 Å². The third kappa shape index (κ3) is 5.11. The number of ether oxygens (including phenoxy) is 2. The number of amides is 2. The van der Waals surface area contributed by atoms with Crippen LogP contribution < -0.4 is 20.2 Å². The van der Waals surface area contributed by atoms with E-state index in [9.17, 15) is 9.59 Å². The van der Waals surface area contributed by atoms with Gasteiger partial charge in [-0.05, 0) is 24.3 Å². The zero-order valence-electron chi connectivity index (χ0n) is 14.1. The number of hydrogen-bond acceptors (Lipinski definition) is 5. The Bertz CT molecular complexity index is 856. The smallest absolute Gasteiger partial charge is 0.329 e. The number of benzene rings is 2. The van der Waals surface area contributed by atoms with Gasteiger partial charge < -0.3 is 14.8 Å². The van der Waals surface area contributed by atoms with Crippen LogP contribution in [0.3, 0.4) is 0 Å². The second-order valence-electron chi connectivity index (χ2n) is 4.88. The Morgan fingerprint density at radius 1 is 1.12 bits per heavy atom. The molecule has 0 saturated carbocycles. The number of anilines is 1. The lowest BCUT2D eigenvalue weighted by Gasteiger charge is -2.08. The van der Waals surface area contributed by atoms with Gasteiger partial charge in [-0.1, -0.05) is 30.2 Å². The normalized spacial score (nSPS) is 10.0. The molecule has 0 spiro atoms. The summed E-state index contributed by atoms with van der Waals surface area (Å²) in [5, 5.41) is 6.22. The van der Waals surface area contributed by atoms with E-state index in [1.165, 1.54) is 13.3 Å². The van der Waals surface area contributed by atoms with Gasteiger partial charge in [0, 0.05) is 5.56 Å². The fraction of sp³-hybridized carbons (Fsp3) is 0.105. The van der Waals surface area contributed by atoms with Gasteiger partial charge in [0.25, 0.3) is 0 Å². The molecule has 2 aromatic carbocycles. The van der Waals surface area contributed by atoms with E-state index in [2.05, 4.69) is 21.8 Å². The predicted octanol–water partition coefficient (Wildman–Crippen LogP) is 1.80. The first kappa shape index (κ1) is 18.5. The van der Waals surface area contributed by atoms with E-state index in [-0.39, 0.29) is 6.61 Å². The molecule has 0 aliphatic heterocycles. The maximum atomic E-state index is 11.9. The van der Waals surface area contributed by atoms with Crippen LogP contribution in [0, 0.1) is 12.3 Å². The molecule has 2 aromatic rings. The summed E-state index contributed by atoms with van der Waals surface area (Å²) in [5.74, 6) is 1.53. The van der Waals surface area contributed by atoms with Crippen molar-refractivity contribution >= 4 is 23.7 Å². The van der Waals surface area contributed by atoms with E-state index in [0.717, 1.165) is 0 Å². The highest BCUT2D eigenvalue weighted by Gasteiger charge is 2.14. The van der Waals surface area contributed by atoms with Crippen LogP contribution in [-0.4, -0.2) is 31.7 Å². The third-order valence-electron chi connectivity index (χ3n) is 3.16. The molecule has 2 amide bonds. The summed E-state index contributed by atoms with van der Waals surface area (Å²) in [6.45, 7) is 0.110. The molecule has 26 heavy (non-hydrogen) atoms. The minimum atomic E-state index is -0.922. The van der Waals surface area contributed by atoms with E-state index >= 15 is 0 Å². The molecule has 132 valence electrons. The molecule has 0 unspecified atom stereocenters. The number of carbonyl (C=O) groups is 2. The van der Waals surface area contributed by atoms with Crippen molar-refractivity contribution in [3.8, 4) is 23.8 Å². The van der Waals surface area contributed by atoms with Crippen molar-refractivity contribution in [1.29, 1.82) is 0 Å². The molecule has 0 radical (unpaired) electrons. The van der Waals surface area contributed by atoms with Gasteiger partial charge in [-0.15, -0.1) is 6.42 Å². The molecule has 0 saturated heterocycles. The van der Waals surface area contributed by atoms with Crippen molar-refractivity contribution in [1.82, 2.24) is 5.43 Å². The Morgan fingerprint density at radius 3 is 2.54 bits per heavy atom. The quantitative estimate of drug-likeness (QED) is 0.359. The Kier molecular flexibility index (Phi) is 6.77. The van der Waals surface area contributed by atoms with E-state index in [0.29, 0.717) is 22.7 Å². The SMILES string of the molecule is C#CCOc1ccccc1/C=N/NC(=O)C(=O)Nc1ccccc1OC. The van der Waals surface area contributed by atoms with E-state index in [1.807, 2.05) is 0 Å². The van der Waals surface area contributed by atoms with Crippen LogP contribution in [0.2, 0.25) is 0 Å². The molecule has 0 aliphatic carbocycles. The third-order valence-corrected chi connectivity index (χ3v) is 3.16. The predicted molar refractivity (Wildman–Crippen MR) is 98.1 cm³/mol. The van der Waals surface area contributed by atoms with Crippen LogP contribution in [0.15, 0.2) is 53.6 Å². The largest absolute Gasteiger partial charge is 0.495 e. The number of hydrogen-bond donors (Lipinski definition) is 2. The number of hydrazone groups is 1. The van der Waals surface area contributed by atoms with Gasteiger partial charge in [-0.25, -0.2) is 5.43 Å². The van der Waals surface area contributed by atoms with Crippen molar-refractivity contribution in [3.05, 3.63) is 54.1 Å². The van der Waals surface area contributed by atoms with Crippen molar-refractivity contribution < 1.29 is 19.1 Å². The van der Waals surface area contributed by atoms with Crippen LogP contribution in [0.4, 0.5) is 5.69 Å². The Hall–Kier alpha value is -3.79. The molecule has 0 heterocycles. The highest BCUT2D eigenvalue weighted by molar-refractivity contribution is 6.39. The first-order chi connectivity index (χ1) is 12.7. The van der Waals surface area contributed by atoms with Gasteiger partial charge in [0.2, 0.25) is 0 Å². The number of nitrogens with zero attached hydrogens (tertiary/aromatic N) is 1. The van der Waals surface area contributed by atoms with E-state index in [1.54, 1.807) is 48.5 Å². The number of methoxy groups -OCH3 is 1. The lowest BCUT2D eigenvalue weighted by Crippen LogP contribution is -2.32.